The highest BCUT2D eigenvalue weighted by Crippen LogP contribution is 2.11. The van der Waals surface area contributed by atoms with Gasteiger partial charge >= 0.3 is 0 Å². The Morgan fingerprint density at radius 3 is 2.81 bits per heavy atom. The van der Waals surface area contributed by atoms with Gasteiger partial charge in [0, 0.05) is 26.6 Å². The molecule has 1 aromatic rings. The van der Waals surface area contributed by atoms with E-state index in [4.69, 9.17) is 5.73 Å². The summed E-state index contributed by atoms with van der Waals surface area (Å²) in [6.45, 7) is 4.51. The first-order chi connectivity index (χ1) is 7.45. The van der Waals surface area contributed by atoms with E-state index in [-0.39, 0.29) is 5.91 Å². The minimum Gasteiger partial charge on any atom is -0.355 e. The van der Waals surface area contributed by atoms with Crippen LogP contribution in [0.1, 0.15) is 19.7 Å². The van der Waals surface area contributed by atoms with Gasteiger partial charge in [-0.2, -0.15) is 5.10 Å². The largest absolute Gasteiger partial charge is 0.355 e. The van der Waals surface area contributed by atoms with Crippen molar-refractivity contribution < 1.29 is 4.79 Å². The summed E-state index contributed by atoms with van der Waals surface area (Å²) in [4.78, 5) is 15.7. The molecule has 0 spiro atoms. The molecule has 0 radical (unpaired) electrons. The Labute approximate surface area is 95.2 Å². The van der Waals surface area contributed by atoms with Gasteiger partial charge in [-0.1, -0.05) is 0 Å². The number of amides is 1. The van der Waals surface area contributed by atoms with Gasteiger partial charge in [0.25, 0.3) is 0 Å². The van der Waals surface area contributed by atoms with Gasteiger partial charge in [-0.3, -0.25) is 9.48 Å². The van der Waals surface area contributed by atoms with Crippen LogP contribution in [0.2, 0.25) is 0 Å². The second kappa shape index (κ2) is 5.07. The highest BCUT2D eigenvalue weighted by molar-refractivity contribution is 5.81. The number of nitrogens with one attached hydrogen (secondary N) is 1. The van der Waals surface area contributed by atoms with Crippen molar-refractivity contribution >= 4 is 5.91 Å². The first-order valence-electron chi connectivity index (χ1n) is 5.28. The molecular formula is C10H19N5O. The first-order valence-corrected chi connectivity index (χ1v) is 5.28. The molecule has 16 heavy (non-hydrogen) atoms. The normalized spacial score (nSPS) is 11.5. The fraction of sp³-hybridized carbons (Fsp3) is 0.700. The molecule has 1 aromatic heterocycles. The Bertz CT molecular complexity index is 358. The minimum absolute atomic E-state index is 0.0362. The number of rotatable bonds is 5. The van der Waals surface area contributed by atoms with E-state index in [2.05, 4.69) is 15.4 Å². The van der Waals surface area contributed by atoms with E-state index in [0.29, 0.717) is 19.5 Å². The number of hydrogen-bond donors (Lipinski definition) is 2. The molecule has 0 fully saturated rings. The average molecular weight is 225 g/mol. The quantitative estimate of drug-likeness (QED) is 0.704. The highest BCUT2D eigenvalue weighted by Gasteiger charge is 2.25. The van der Waals surface area contributed by atoms with Crippen molar-refractivity contribution in [3.8, 4) is 0 Å². The third-order valence-electron chi connectivity index (χ3n) is 2.41. The molecule has 0 bridgehead atoms. The van der Waals surface area contributed by atoms with Gasteiger partial charge in [-0.05, 0) is 13.8 Å². The van der Waals surface area contributed by atoms with E-state index >= 15 is 0 Å². The minimum atomic E-state index is -0.516. The van der Waals surface area contributed by atoms with Crippen molar-refractivity contribution in [1.82, 2.24) is 20.1 Å². The number of carbonyl (C=O) groups excluding carboxylic acids is 1. The van der Waals surface area contributed by atoms with E-state index in [1.807, 2.05) is 20.9 Å². The van der Waals surface area contributed by atoms with Crippen LogP contribution in [0.25, 0.3) is 0 Å². The molecule has 0 aliphatic carbocycles. The van der Waals surface area contributed by atoms with Gasteiger partial charge < -0.3 is 11.1 Å². The second-order valence-electron chi connectivity index (χ2n) is 4.43. The van der Waals surface area contributed by atoms with Crippen molar-refractivity contribution in [2.45, 2.75) is 20.3 Å². The predicted octanol–water partition coefficient (Wildman–Crippen LogP) is -0.541. The maximum atomic E-state index is 11.7. The van der Waals surface area contributed by atoms with Crippen LogP contribution in [0.5, 0.6) is 0 Å². The molecule has 6 heteroatoms. The van der Waals surface area contributed by atoms with Crippen molar-refractivity contribution in [2.75, 3.05) is 13.1 Å². The molecular weight excluding hydrogens is 206 g/mol. The Balaban J connectivity index is 2.33. The molecule has 0 aromatic carbocycles. The van der Waals surface area contributed by atoms with Crippen molar-refractivity contribution in [3.63, 3.8) is 0 Å². The zero-order valence-electron chi connectivity index (χ0n) is 10.0. The number of aromatic nitrogens is 3. The summed E-state index contributed by atoms with van der Waals surface area (Å²) in [6.07, 6.45) is 2.27. The van der Waals surface area contributed by atoms with Crippen LogP contribution in [0.4, 0.5) is 0 Å². The highest BCUT2D eigenvalue weighted by atomic mass is 16.2. The van der Waals surface area contributed by atoms with Crippen LogP contribution >= 0.6 is 0 Å². The Kier molecular flexibility index (Phi) is 4.00. The number of carbonyl (C=O) groups is 1. The van der Waals surface area contributed by atoms with Gasteiger partial charge in [0.2, 0.25) is 5.91 Å². The molecule has 0 atom stereocenters. The topological polar surface area (TPSA) is 85.8 Å². The smallest absolute Gasteiger partial charge is 0.226 e. The van der Waals surface area contributed by atoms with Gasteiger partial charge in [0.15, 0.2) is 5.82 Å². The summed E-state index contributed by atoms with van der Waals surface area (Å²) in [7, 11) is 1.81. The van der Waals surface area contributed by atoms with Crippen LogP contribution in [0.15, 0.2) is 6.33 Å². The van der Waals surface area contributed by atoms with E-state index in [1.165, 1.54) is 0 Å². The molecule has 0 unspecified atom stereocenters. The Hall–Kier alpha value is -1.43. The lowest BCUT2D eigenvalue weighted by atomic mass is 9.93. The van der Waals surface area contributed by atoms with Crippen molar-refractivity contribution in [1.29, 1.82) is 0 Å². The van der Waals surface area contributed by atoms with Gasteiger partial charge in [0.1, 0.15) is 6.33 Å². The predicted molar refractivity (Wildman–Crippen MR) is 60.6 cm³/mol. The summed E-state index contributed by atoms with van der Waals surface area (Å²) < 4.78 is 1.64. The van der Waals surface area contributed by atoms with E-state index < -0.39 is 5.41 Å². The van der Waals surface area contributed by atoms with Gasteiger partial charge in [-0.25, -0.2) is 4.98 Å². The molecule has 1 rings (SSSR count). The average Bonchev–Trinajstić information content (AvgIpc) is 2.64. The molecule has 1 heterocycles. The van der Waals surface area contributed by atoms with E-state index in [0.717, 1.165) is 5.82 Å². The zero-order valence-corrected chi connectivity index (χ0v) is 10.0. The molecule has 0 saturated heterocycles. The number of nitrogens with zero attached hydrogens (tertiary/aromatic N) is 3. The van der Waals surface area contributed by atoms with Crippen LogP contribution in [-0.4, -0.2) is 33.8 Å². The second-order valence-corrected chi connectivity index (χ2v) is 4.43. The molecule has 1 amide bonds. The maximum Gasteiger partial charge on any atom is 0.226 e. The third-order valence-corrected chi connectivity index (χ3v) is 2.41. The molecule has 0 saturated carbocycles. The molecule has 90 valence electrons. The molecule has 0 aliphatic rings. The van der Waals surface area contributed by atoms with E-state index in [1.54, 1.807) is 11.0 Å². The molecule has 0 aliphatic heterocycles. The number of nitrogens with two attached hydrogens (primary N) is 1. The lowest BCUT2D eigenvalue weighted by molar-refractivity contribution is -0.128. The summed E-state index contributed by atoms with van der Waals surface area (Å²) in [5.74, 6) is 0.694. The molecule has 6 nitrogen and oxygen atoms in total. The monoisotopic (exact) mass is 225 g/mol. The number of aryl methyl sites for hydroxylation is 1. The SMILES string of the molecule is Cn1cnc(CCNC(=O)C(C)(C)CN)n1. The van der Waals surface area contributed by atoms with Crippen molar-refractivity contribution in [3.05, 3.63) is 12.2 Å². The fourth-order valence-corrected chi connectivity index (χ4v) is 1.12. The lowest BCUT2D eigenvalue weighted by Crippen LogP contribution is -2.42. The summed E-state index contributed by atoms with van der Waals surface area (Å²) in [6, 6.07) is 0. The van der Waals surface area contributed by atoms with Crippen LogP contribution in [-0.2, 0) is 18.3 Å². The van der Waals surface area contributed by atoms with Crippen LogP contribution in [0.3, 0.4) is 0 Å². The summed E-state index contributed by atoms with van der Waals surface area (Å²) in [5.41, 5.74) is 4.99. The Morgan fingerprint density at radius 2 is 2.31 bits per heavy atom. The standard InChI is InChI=1S/C10H19N5O/c1-10(2,6-11)9(16)12-5-4-8-13-7-15(3)14-8/h7H,4-6,11H2,1-3H3,(H,12,16). The third kappa shape index (κ3) is 3.30. The maximum absolute atomic E-state index is 11.7. The van der Waals surface area contributed by atoms with Crippen molar-refractivity contribution in [2.24, 2.45) is 18.2 Å². The van der Waals surface area contributed by atoms with Gasteiger partial charge in [-0.15, -0.1) is 0 Å². The Morgan fingerprint density at radius 1 is 1.62 bits per heavy atom. The zero-order chi connectivity index (χ0) is 12.2. The van der Waals surface area contributed by atoms with Gasteiger partial charge in [0.05, 0.1) is 5.41 Å². The van der Waals surface area contributed by atoms with Crippen LogP contribution < -0.4 is 11.1 Å². The van der Waals surface area contributed by atoms with Crippen LogP contribution in [0, 0.1) is 5.41 Å². The lowest BCUT2D eigenvalue weighted by Gasteiger charge is -2.20. The summed E-state index contributed by atoms with van der Waals surface area (Å²) in [5, 5.41) is 6.94. The first kappa shape index (κ1) is 12.6. The summed E-state index contributed by atoms with van der Waals surface area (Å²) >= 11 is 0. The number of hydrogen-bond acceptors (Lipinski definition) is 4. The molecule has 3 N–H and O–H groups in total. The van der Waals surface area contributed by atoms with E-state index in [9.17, 15) is 4.79 Å². The fourth-order valence-electron chi connectivity index (χ4n) is 1.12.